The lowest BCUT2D eigenvalue weighted by atomic mass is 9.86. The van der Waals surface area contributed by atoms with E-state index >= 15 is 0 Å². The molecule has 90 valence electrons. The minimum absolute atomic E-state index is 0.270. The van der Waals surface area contributed by atoms with Gasteiger partial charge in [-0.2, -0.15) is 0 Å². The van der Waals surface area contributed by atoms with Crippen molar-refractivity contribution >= 4 is 0 Å². The van der Waals surface area contributed by atoms with Gasteiger partial charge in [0.05, 0.1) is 0 Å². The maximum atomic E-state index is 6.06. The Labute approximate surface area is 95.2 Å². The topological polar surface area (TPSA) is 29.3 Å². The molecule has 2 nitrogen and oxygen atoms in total. The highest BCUT2D eigenvalue weighted by atomic mass is 15.2. The van der Waals surface area contributed by atoms with Crippen molar-refractivity contribution in [3.8, 4) is 0 Å². The molecule has 0 aromatic rings. The van der Waals surface area contributed by atoms with Crippen molar-refractivity contribution in [1.82, 2.24) is 4.90 Å². The third kappa shape index (κ3) is 2.54. The van der Waals surface area contributed by atoms with Crippen molar-refractivity contribution in [2.75, 3.05) is 13.1 Å². The van der Waals surface area contributed by atoms with E-state index in [0.29, 0.717) is 11.5 Å². The Hall–Kier alpha value is -0.0800. The van der Waals surface area contributed by atoms with Crippen LogP contribution in [0.5, 0.6) is 0 Å². The van der Waals surface area contributed by atoms with E-state index in [1.54, 1.807) is 0 Å². The molecule has 0 bridgehead atoms. The van der Waals surface area contributed by atoms with E-state index in [0.717, 1.165) is 13.1 Å². The van der Waals surface area contributed by atoms with Crippen LogP contribution in [0, 0.1) is 5.41 Å². The lowest BCUT2D eigenvalue weighted by molar-refractivity contribution is 0.0635. The molecule has 0 saturated heterocycles. The summed E-state index contributed by atoms with van der Waals surface area (Å²) < 4.78 is 0. The summed E-state index contributed by atoms with van der Waals surface area (Å²) in [5, 5.41) is 0. The number of nitrogens with zero attached hydrogens (tertiary/aromatic N) is 1. The molecule has 0 radical (unpaired) electrons. The fourth-order valence-electron chi connectivity index (χ4n) is 3.42. The first-order valence-corrected chi connectivity index (χ1v) is 6.34. The molecule has 0 spiro atoms. The molecular formula is C13H28N2. The monoisotopic (exact) mass is 212 g/mol. The third-order valence-corrected chi connectivity index (χ3v) is 4.03. The van der Waals surface area contributed by atoms with Gasteiger partial charge >= 0.3 is 0 Å². The number of rotatable bonds is 4. The van der Waals surface area contributed by atoms with Crippen LogP contribution in [0.15, 0.2) is 0 Å². The second-order valence-electron chi connectivity index (χ2n) is 6.15. The van der Waals surface area contributed by atoms with Gasteiger partial charge in [-0.1, -0.05) is 20.8 Å². The molecule has 1 unspecified atom stereocenters. The fraction of sp³-hybridized carbons (Fsp3) is 1.00. The SMILES string of the molecule is CCN(C(C)C)C1(CN)CCC(C)(C)C1. The molecule has 0 heterocycles. The van der Waals surface area contributed by atoms with Crippen LogP contribution in [0.3, 0.4) is 0 Å². The molecule has 1 rings (SSSR count). The maximum Gasteiger partial charge on any atom is 0.0339 e. The van der Waals surface area contributed by atoms with Crippen LogP contribution in [0.25, 0.3) is 0 Å². The quantitative estimate of drug-likeness (QED) is 0.776. The Balaban J connectivity index is 2.86. The zero-order valence-corrected chi connectivity index (χ0v) is 11.1. The van der Waals surface area contributed by atoms with Crippen LogP contribution in [0.4, 0.5) is 0 Å². The Kier molecular flexibility index (Phi) is 3.83. The molecule has 15 heavy (non-hydrogen) atoms. The summed E-state index contributed by atoms with van der Waals surface area (Å²) in [6.45, 7) is 13.5. The predicted molar refractivity (Wildman–Crippen MR) is 66.9 cm³/mol. The second-order valence-corrected chi connectivity index (χ2v) is 6.15. The summed E-state index contributed by atoms with van der Waals surface area (Å²) in [5.74, 6) is 0. The Morgan fingerprint density at radius 2 is 1.87 bits per heavy atom. The largest absolute Gasteiger partial charge is 0.329 e. The molecule has 2 N–H and O–H groups in total. The van der Waals surface area contributed by atoms with Crippen molar-refractivity contribution in [2.24, 2.45) is 11.1 Å². The van der Waals surface area contributed by atoms with E-state index in [2.05, 4.69) is 39.5 Å². The van der Waals surface area contributed by atoms with Gasteiger partial charge in [0.2, 0.25) is 0 Å². The van der Waals surface area contributed by atoms with E-state index in [1.165, 1.54) is 19.3 Å². The average molecular weight is 212 g/mol. The Morgan fingerprint density at radius 3 is 2.13 bits per heavy atom. The first-order valence-electron chi connectivity index (χ1n) is 6.34. The van der Waals surface area contributed by atoms with E-state index < -0.39 is 0 Å². The summed E-state index contributed by atoms with van der Waals surface area (Å²) in [4.78, 5) is 2.60. The van der Waals surface area contributed by atoms with Gasteiger partial charge in [0.1, 0.15) is 0 Å². The highest BCUT2D eigenvalue weighted by Gasteiger charge is 2.46. The van der Waals surface area contributed by atoms with E-state index in [4.69, 9.17) is 5.73 Å². The second kappa shape index (κ2) is 4.42. The Morgan fingerprint density at radius 1 is 1.27 bits per heavy atom. The minimum atomic E-state index is 0.270. The van der Waals surface area contributed by atoms with Gasteiger partial charge < -0.3 is 5.73 Å². The van der Waals surface area contributed by atoms with Crippen molar-refractivity contribution in [1.29, 1.82) is 0 Å². The van der Waals surface area contributed by atoms with Crippen LogP contribution in [-0.2, 0) is 0 Å². The zero-order chi connectivity index (χ0) is 11.7. The van der Waals surface area contributed by atoms with Gasteiger partial charge in [0.25, 0.3) is 0 Å². The van der Waals surface area contributed by atoms with E-state index in [1.807, 2.05) is 0 Å². The molecular weight excluding hydrogens is 184 g/mol. The smallest absolute Gasteiger partial charge is 0.0339 e. The normalized spacial score (nSPS) is 30.4. The number of hydrogen-bond acceptors (Lipinski definition) is 2. The summed E-state index contributed by atoms with van der Waals surface area (Å²) in [6.07, 6.45) is 3.83. The highest BCUT2D eigenvalue weighted by molar-refractivity contribution is 5.02. The summed E-state index contributed by atoms with van der Waals surface area (Å²) >= 11 is 0. The van der Waals surface area contributed by atoms with Gasteiger partial charge in [0.15, 0.2) is 0 Å². The van der Waals surface area contributed by atoms with Gasteiger partial charge in [-0.3, -0.25) is 4.90 Å². The van der Waals surface area contributed by atoms with Crippen molar-refractivity contribution in [3.05, 3.63) is 0 Å². The molecule has 0 aromatic heterocycles. The molecule has 2 heteroatoms. The van der Waals surface area contributed by atoms with E-state index in [-0.39, 0.29) is 5.54 Å². The van der Waals surface area contributed by atoms with E-state index in [9.17, 15) is 0 Å². The molecule has 1 atom stereocenters. The standard InChI is InChI=1S/C13H28N2/c1-6-15(11(2)3)13(10-14)8-7-12(4,5)9-13/h11H,6-10,14H2,1-5H3. The zero-order valence-electron chi connectivity index (χ0n) is 11.1. The lowest BCUT2D eigenvalue weighted by Gasteiger charge is -2.43. The van der Waals surface area contributed by atoms with Gasteiger partial charge in [-0.05, 0) is 45.1 Å². The van der Waals surface area contributed by atoms with Crippen LogP contribution in [-0.4, -0.2) is 29.6 Å². The Bertz CT molecular complexity index is 211. The van der Waals surface area contributed by atoms with Crippen molar-refractivity contribution < 1.29 is 0 Å². The van der Waals surface area contributed by atoms with Gasteiger partial charge in [-0.25, -0.2) is 0 Å². The first kappa shape index (κ1) is 13.0. The number of likely N-dealkylation sites (N-methyl/N-ethyl adjacent to an activating group) is 1. The maximum absolute atomic E-state index is 6.06. The summed E-state index contributed by atoms with van der Waals surface area (Å²) in [7, 11) is 0. The van der Waals surface area contributed by atoms with Crippen LogP contribution in [0.2, 0.25) is 0 Å². The lowest BCUT2D eigenvalue weighted by Crippen LogP contribution is -2.55. The van der Waals surface area contributed by atoms with Gasteiger partial charge in [-0.15, -0.1) is 0 Å². The van der Waals surface area contributed by atoms with Crippen molar-refractivity contribution in [2.45, 2.75) is 65.5 Å². The van der Waals surface area contributed by atoms with Crippen LogP contribution in [0.1, 0.15) is 53.9 Å². The molecule has 1 aliphatic carbocycles. The fourth-order valence-corrected chi connectivity index (χ4v) is 3.42. The minimum Gasteiger partial charge on any atom is -0.329 e. The average Bonchev–Trinajstić information content (AvgIpc) is 2.44. The number of nitrogens with two attached hydrogens (primary N) is 1. The summed E-state index contributed by atoms with van der Waals surface area (Å²) in [6, 6.07) is 0.604. The summed E-state index contributed by atoms with van der Waals surface area (Å²) in [5.41, 5.74) is 6.81. The third-order valence-electron chi connectivity index (χ3n) is 4.03. The first-order chi connectivity index (χ1) is 6.87. The van der Waals surface area contributed by atoms with Crippen molar-refractivity contribution in [3.63, 3.8) is 0 Å². The predicted octanol–water partition coefficient (Wildman–Crippen LogP) is 2.62. The molecule has 1 saturated carbocycles. The molecule has 1 aliphatic rings. The molecule has 0 aliphatic heterocycles. The molecule has 0 aromatic carbocycles. The molecule has 0 amide bonds. The number of hydrogen-bond donors (Lipinski definition) is 1. The highest BCUT2D eigenvalue weighted by Crippen LogP contribution is 2.46. The van der Waals surface area contributed by atoms with Crippen LogP contribution < -0.4 is 5.73 Å². The van der Waals surface area contributed by atoms with Gasteiger partial charge in [0, 0.05) is 18.1 Å². The molecule has 1 fully saturated rings. The van der Waals surface area contributed by atoms with Crippen LogP contribution >= 0.6 is 0 Å².